The number of benzene rings is 1. The molecule has 2 fully saturated rings. The van der Waals surface area contributed by atoms with Crippen LogP contribution in [0.15, 0.2) is 36.4 Å². The SMILES string of the molecule is c1ccc(-c2cc(NCC3CCCO3)nc(NC3CCCC3)n2)cc1. The lowest BCUT2D eigenvalue weighted by Crippen LogP contribution is -2.20. The van der Waals surface area contributed by atoms with Crippen LogP contribution in [0, 0.1) is 0 Å². The van der Waals surface area contributed by atoms with E-state index in [2.05, 4.69) is 22.8 Å². The number of hydrogen-bond donors (Lipinski definition) is 2. The van der Waals surface area contributed by atoms with E-state index < -0.39 is 0 Å². The van der Waals surface area contributed by atoms with Crippen LogP contribution in [0.4, 0.5) is 11.8 Å². The van der Waals surface area contributed by atoms with Crippen LogP contribution in [-0.4, -0.2) is 35.3 Å². The Morgan fingerprint density at radius 3 is 2.60 bits per heavy atom. The van der Waals surface area contributed by atoms with Crippen LogP contribution in [0.5, 0.6) is 0 Å². The molecule has 1 aliphatic heterocycles. The first kappa shape index (κ1) is 16.3. The van der Waals surface area contributed by atoms with Gasteiger partial charge in [0.05, 0.1) is 11.8 Å². The zero-order valence-corrected chi connectivity index (χ0v) is 14.6. The van der Waals surface area contributed by atoms with Crippen molar-refractivity contribution in [2.45, 2.75) is 50.7 Å². The summed E-state index contributed by atoms with van der Waals surface area (Å²) in [7, 11) is 0. The lowest BCUT2D eigenvalue weighted by Gasteiger charge is -2.16. The van der Waals surface area contributed by atoms with Crippen LogP contribution >= 0.6 is 0 Å². The first-order valence-corrected chi connectivity index (χ1v) is 9.43. The van der Waals surface area contributed by atoms with E-state index in [-0.39, 0.29) is 0 Å². The van der Waals surface area contributed by atoms with Gasteiger partial charge in [-0.1, -0.05) is 43.2 Å². The van der Waals surface area contributed by atoms with E-state index in [0.717, 1.165) is 49.0 Å². The number of nitrogens with one attached hydrogen (secondary N) is 2. The highest BCUT2D eigenvalue weighted by atomic mass is 16.5. The van der Waals surface area contributed by atoms with E-state index in [4.69, 9.17) is 14.7 Å². The van der Waals surface area contributed by atoms with Gasteiger partial charge in [-0.05, 0) is 25.7 Å². The molecule has 1 atom stereocenters. The molecule has 0 amide bonds. The summed E-state index contributed by atoms with van der Waals surface area (Å²) in [5.74, 6) is 1.59. The van der Waals surface area contributed by atoms with E-state index >= 15 is 0 Å². The second-order valence-corrected chi connectivity index (χ2v) is 6.97. The third kappa shape index (κ3) is 4.28. The fourth-order valence-electron chi connectivity index (χ4n) is 3.64. The fourth-order valence-corrected chi connectivity index (χ4v) is 3.64. The average molecular weight is 338 g/mol. The van der Waals surface area contributed by atoms with Gasteiger partial charge in [0.15, 0.2) is 0 Å². The maximum Gasteiger partial charge on any atom is 0.225 e. The van der Waals surface area contributed by atoms with Gasteiger partial charge in [-0.25, -0.2) is 4.98 Å². The smallest absolute Gasteiger partial charge is 0.225 e. The Hall–Kier alpha value is -2.14. The summed E-state index contributed by atoms with van der Waals surface area (Å²) in [5.41, 5.74) is 2.06. The van der Waals surface area contributed by atoms with Gasteiger partial charge in [-0.2, -0.15) is 4.98 Å². The second-order valence-electron chi connectivity index (χ2n) is 6.97. The zero-order valence-electron chi connectivity index (χ0n) is 14.6. The summed E-state index contributed by atoms with van der Waals surface area (Å²) in [6.45, 7) is 1.67. The maximum absolute atomic E-state index is 5.71. The van der Waals surface area contributed by atoms with E-state index in [1.807, 2.05) is 24.3 Å². The monoisotopic (exact) mass is 338 g/mol. The van der Waals surface area contributed by atoms with Crippen LogP contribution in [0.1, 0.15) is 38.5 Å². The molecule has 0 radical (unpaired) electrons. The highest BCUT2D eigenvalue weighted by Gasteiger charge is 2.18. The molecule has 0 bridgehead atoms. The molecule has 0 spiro atoms. The molecule has 5 heteroatoms. The summed E-state index contributed by atoms with van der Waals surface area (Å²) in [6.07, 6.45) is 7.56. The molecule has 2 aliphatic rings. The highest BCUT2D eigenvalue weighted by Crippen LogP contribution is 2.25. The average Bonchev–Trinajstić information content (AvgIpc) is 3.34. The molecule has 2 aromatic rings. The molecular formula is C20H26N4O. The zero-order chi connectivity index (χ0) is 16.9. The standard InChI is InChI=1S/C20H26N4O/c1-2-7-15(8-3-1)18-13-19(21-14-17-11-6-12-25-17)24-20(23-18)22-16-9-4-5-10-16/h1-3,7-8,13,16-17H,4-6,9-12,14H2,(H2,21,22,23,24). The van der Waals surface area contributed by atoms with Crippen LogP contribution < -0.4 is 10.6 Å². The maximum atomic E-state index is 5.71. The Balaban J connectivity index is 1.55. The van der Waals surface area contributed by atoms with E-state index in [1.54, 1.807) is 0 Å². The lowest BCUT2D eigenvalue weighted by atomic mass is 10.1. The highest BCUT2D eigenvalue weighted by molar-refractivity contribution is 5.64. The van der Waals surface area contributed by atoms with Crippen molar-refractivity contribution >= 4 is 11.8 Å². The summed E-state index contributed by atoms with van der Waals surface area (Å²) in [5, 5.41) is 6.97. The summed E-state index contributed by atoms with van der Waals surface area (Å²) < 4.78 is 5.71. The van der Waals surface area contributed by atoms with Gasteiger partial charge < -0.3 is 15.4 Å². The van der Waals surface area contributed by atoms with Crippen LogP contribution in [0.2, 0.25) is 0 Å². The lowest BCUT2D eigenvalue weighted by molar-refractivity contribution is 0.120. The van der Waals surface area contributed by atoms with Crippen molar-refractivity contribution < 1.29 is 4.74 Å². The fraction of sp³-hybridized carbons (Fsp3) is 0.500. The van der Waals surface area contributed by atoms with Crippen molar-refractivity contribution in [3.63, 3.8) is 0 Å². The Kier molecular flexibility index (Phi) is 5.11. The molecule has 1 unspecified atom stereocenters. The van der Waals surface area contributed by atoms with Crippen molar-refractivity contribution in [3.8, 4) is 11.3 Å². The Bertz CT molecular complexity index is 679. The van der Waals surface area contributed by atoms with Crippen LogP contribution in [0.3, 0.4) is 0 Å². The normalized spacial score (nSPS) is 20.7. The third-order valence-electron chi connectivity index (χ3n) is 5.02. The molecule has 1 saturated carbocycles. The second kappa shape index (κ2) is 7.83. The number of nitrogens with zero attached hydrogens (tertiary/aromatic N) is 2. The summed E-state index contributed by atoms with van der Waals surface area (Å²) in [4.78, 5) is 9.45. The predicted molar refractivity (Wildman–Crippen MR) is 101 cm³/mol. The number of aromatic nitrogens is 2. The minimum absolute atomic E-state index is 0.293. The van der Waals surface area contributed by atoms with E-state index in [9.17, 15) is 0 Å². The quantitative estimate of drug-likeness (QED) is 0.831. The van der Waals surface area contributed by atoms with Gasteiger partial charge in [0, 0.05) is 30.8 Å². The predicted octanol–water partition coefficient (Wildman–Crippen LogP) is 4.09. The van der Waals surface area contributed by atoms with Gasteiger partial charge in [0.1, 0.15) is 5.82 Å². The van der Waals surface area contributed by atoms with Crippen molar-refractivity contribution in [2.24, 2.45) is 0 Å². The number of hydrogen-bond acceptors (Lipinski definition) is 5. The molecule has 1 aromatic carbocycles. The summed E-state index contributed by atoms with van der Waals surface area (Å²) >= 11 is 0. The van der Waals surface area contributed by atoms with Crippen molar-refractivity contribution in [3.05, 3.63) is 36.4 Å². The first-order chi connectivity index (χ1) is 12.4. The van der Waals surface area contributed by atoms with Gasteiger partial charge in [0.2, 0.25) is 5.95 Å². The molecule has 4 rings (SSSR count). The van der Waals surface area contributed by atoms with Gasteiger partial charge in [0.25, 0.3) is 0 Å². The molecule has 2 heterocycles. The molecule has 1 aliphatic carbocycles. The number of rotatable bonds is 6. The molecule has 1 saturated heterocycles. The van der Waals surface area contributed by atoms with E-state index in [1.165, 1.54) is 25.7 Å². The third-order valence-corrected chi connectivity index (χ3v) is 5.02. The minimum atomic E-state index is 0.293. The van der Waals surface area contributed by atoms with Gasteiger partial charge in [-0.15, -0.1) is 0 Å². The Labute approximate surface area is 149 Å². The Morgan fingerprint density at radius 2 is 1.84 bits per heavy atom. The van der Waals surface area contributed by atoms with Gasteiger partial charge in [-0.3, -0.25) is 0 Å². The number of anilines is 2. The molecular weight excluding hydrogens is 312 g/mol. The number of ether oxygens (including phenoxy) is 1. The van der Waals surface area contributed by atoms with Crippen molar-refractivity contribution in [1.82, 2.24) is 9.97 Å². The molecule has 5 nitrogen and oxygen atoms in total. The minimum Gasteiger partial charge on any atom is -0.376 e. The van der Waals surface area contributed by atoms with Gasteiger partial charge >= 0.3 is 0 Å². The molecule has 132 valence electrons. The molecule has 25 heavy (non-hydrogen) atoms. The van der Waals surface area contributed by atoms with E-state index in [0.29, 0.717) is 12.1 Å². The van der Waals surface area contributed by atoms with Crippen molar-refractivity contribution in [1.29, 1.82) is 0 Å². The Morgan fingerprint density at radius 1 is 1.00 bits per heavy atom. The topological polar surface area (TPSA) is 59.1 Å². The van der Waals surface area contributed by atoms with Crippen LogP contribution in [0.25, 0.3) is 11.3 Å². The molecule has 2 N–H and O–H groups in total. The van der Waals surface area contributed by atoms with Crippen molar-refractivity contribution in [2.75, 3.05) is 23.8 Å². The summed E-state index contributed by atoms with van der Waals surface area (Å²) in [6, 6.07) is 12.8. The largest absolute Gasteiger partial charge is 0.376 e. The molecule has 1 aromatic heterocycles. The van der Waals surface area contributed by atoms with Crippen LogP contribution in [-0.2, 0) is 4.74 Å². The first-order valence-electron chi connectivity index (χ1n) is 9.43.